The van der Waals surface area contributed by atoms with Crippen LogP contribution >= 0.6 is 34.8 Å². The van der Waals surface area contributed by atoms with Crippen molar-refractivity contribution in [3.05, 3.63) is 63.1 Å². The molecule has 8 heteroatoms. The van der Waals surface area contributed by atoms with Crippen molar-refractivity contribution < 1.29 is 14.3 Å². The molecular weight excluding hydrogens is 495 g/mol. The summed E-state index contributed by atoms with van der Waals surface area (Å²) in [5.74, 6) is 0.0223. The summed E-state index contributed by atoms with van der Waals surface area (Å²) in [5, 5.41) is 4.42. The quantitative estimate of drug-likeness (QED) is 0.292. The molecule has 2 aromatic carbocycles. The zero-order chi connectivity index (χ0) is 24.4. The van der Waals surface area contributed by atoms with Gasteiger partial charge >= 0.3 is 5.97 Å². The van der Waals surface area contributed by atoms with Gasteiger partial charge in [-0.05, 0) is 42.5 Å². The van der Waals surface area contributed by atoms with Crippen LogP contribution in [0.3, 0.4) is 0 Å². The molecule has 4 rings (SSSR count). The Balaban J connectivity index is 1.57. The molecule has 1 N–H and O–H groups in total. The molecule has 0 spiro atoms. The number of carbonyl (C=O) groups excluding carboxylic acids is 2. The molecule has 0 saturated heterocycles. The Morgan fingerprint density at radius 2 is 1.82 bits per heavy atom. The predicted molar refractivity (Wildman–Crippen MR) is 137 cm³/mol. The molecule has 34 heavy (non-hydrogen) atoms. The fourth-order valence-electron chi connectivity index (χ4n) is 4.45. The van der Waals surface area contributed by atoms with Gasteiger partial charge in [0.25, 0.3) is 5.91 Å². The van der Waals surface area contributed by atoms with Crippen LogP contribution in [0.15, 0.2) is 42.5 Å². The van der Waals surface area contributed by atoms with Crippen LogP contribution in [0.5, 0.6) is 0 Å². The molecule has 1 amide bonds. The first-order valence-corrected chi connectivity index (χ1v) is 12.4. The van der Waals surface area contributed by atoms with Gasteiger partial charge in [0.1, 0.15) is 0 Å². The lowest BCUT2D eigenvalue weighted by molar-refractivity contribution is -0.125. The van der Waals surface area contributed by atoms with Crippen molar-refractivity contribution in [2.24, 2.45) is 11.8 Å². The van der Waals surface area contributed by atoms with Crippen LogP contribution in [0.1, 0.15) is 43.5 Å². The topological polar surface area (TPSA) is 68.3 Å². The first-order valence-electron chi connectivity index (χ1n) is 11.3. The average molecular weight is 520 g/mol. The van der Waals surface area contributed by atoms with E-state index in [9.17, 15) is 9.59 Å². The first kappa shape index (κ1) is 24.8. The molecule has 0 radical (unpaired) electrons. The maximum Gasteiger partial charge on any atom is 0.339 e. The second-order valence-electron chi connectivity index (χ2n) is 8.81. The van der Waals surface area contributed by atoms with Crippen molar-refractivity contribution in [2.75, 3.05) is 6.61 Å². The lowest BCUT2D eigenvalue weighted by Gasteiger charge is -2.34. The maximum atomic E-state index is 13.1. The maximum absolute atomic E-state index is 13.1. The largest absolute Gasteiger partial charge is 0.452 e. The molecule has 1 aliphatic carbocycles. The van der Waals surface area contributed by atoms with Gasteiger partial charge in [-0.3, -0.25) is 4.79 Å². The van der Waals surface area contributed by atoms with Crippen molar-refractivity contribution >= 4 is 57.6 Å². The number of aromatic nitrogens is 1. The molecule has 1 fully saturated rings. The molecule has 1 aromatic heterocycles. The second-order valence-corrected chi connectivity index (χ2v) is 9.98. The van der Waals surface area contributed by atoms with Crippen LogP contribution in [0.4, 0.5) is 0 Å². The molecular formula is C26H25Cl3N2O3. The summed E-state index contributed by atoms with van der Waals surface area (Å²) in [6.07, 6.45) is 3.19. The number of rotatable bonds is 5. The van der Waals surface area contributed by atoms with E-state index in [2.05, 4.69) is 24.1 Å². The number of amides is 1. The summed E-state index contributed by atoms with van der Waals surface area (Å²) >= 11 is 18.7. The summed E-state index contributed by atoms with van der Waals surface area (Å²) in [5.41, 5.74) is 1.86. The SMILES string of the molecule is CC1CCCC(NC(=O)COC(=O)c2cc(-c3ccc(Cl)c(Cl)c3Cl)nc3ccccc23)C1C. The number of nitrogens with one attached hydrogen (secondary N) is 1. The van der Waals surface area contributed by atoms with E-state index in [0.717, 1.165) is 12.8 Å². The van der Waals surface area contributed by atoms with Gasteiger partial charge in [0, 0.05) is 17.0 Å². The fraction of sp³-hybridized carbons (Fsp3) is 0.346. The minimum atomic E-state index is -0.615. The van der Waals surface area contributed by atoms with Gasteiger partial charge in [-0.15, -0.1) is 0 Å². The van der Waals surface area contributed by atoms with E-state index in [1.807, 2.05) is 12.1 Å². The first-order chi connectivity index (χ1) is 16.3. The van der Waals surface area contributed by atoms with Crippen molar-refractivity contribution in [2.45, 2.75) is 39.2 Å². The van der Waals surface area contributed by atoms with Crippen LogP contribution in [0.25, 0.3) is 22.2 Å². The molecule has 1 saturated carbocycles. The summed E-state index contributed by atoms with van der Waals surface area (Å²) in [4.78, 5) is 30.2. The Labute approximate surface area is 213 Å². The number of carbonyl (C=O) groups is 2. The molecule has 3 aromatic rings. The zero-order valence-electron chi connectivity index (χ0n) is 18.9. The number of benzene rings is 2. The van der Waals surface area contributed by atoms with E-state index >= 15 is 0 Å². The minimum absolute atomic E-state index is 0.0973. The third-order valence-corrected chi connectivity index (χ3v) is 7.93. The molecule has 0 bridgehead atoms. The molecule has 1 aliphatic rings. The molecule has 5 nitrogen and oxygen atoms in total. The smallest absolute Gasteiger partial charge is 0.339 e. The Bertz CT molecular complexity index is 1250. The van der Waals surface area contributed by atoms with Crippen molar-refractivity contribution in [3.63, 3.8) is 0 Å². The van der Waals surface area contributed by atoms with Crippen molar-refractivity contribution in [1.82, 2.24) is 10.3 Å². The van der Waals surface area contributed by atoms with E-state index in [0.29, 0.717) is 39.0 Å². The van der Waals surface area contributed by atoms with E-state index in [4.69, 9.17) is 39.5 Å². The van der Waals surface area contributed by atoms with Crippen molar-refractivity contribution in [1.29, 1.82) is 0 Å². The summed E-state index contributed by atoms with van der Waals surface area (Å²) in [6, 6.07) is 12.2. The summed E-state index contributed by atoms with van der Waals surface area (Å²) < 4.78 is 5.41. The van der Waals surface area contributed by atoms with E-state index < -0.39 is 5.97 Å². The van der Waals surface area contributed by atoms with Gasteiger partial charge in [-0.25, -0.2) is 9.78 Å². The Morgan fingerprint density at radius 3 is 2.62 bits per heavy atom. The number of nitrogens with zero attached hydrogens (tertiary/aromatic N) is 1. The average Bonchev–Trinajstić information content (AvgIpc) is 2.83. The highest BCUT2D eigenvalue weighted by molar-refractivity contribution is 6.49. The van der Waals surface area contributed by atoms with Crippen LogP contribution in [-0.4, -0.2) is 29.5 Å². The lowest BCUT2D eigenvalue weighted by atomic mass is 9.78. The van der Waals surface area contributed by atoms with Gasteiger partial charge in [0.15, 0.2) is 6.61 Å². The Kier molecular flexibility index (Phi) is 7.66. The van der Waals surface area contributed by atoms with Gasteiger partial charge in [-0.2, -0.15) is 0 Å². The highest BCUT2D eigenvalue weighted by atomic mass is 35.5. The number of hydrogen-bond donors (Lipinski definition) is 1. The van der Waals surface area contributed by atoms with Gasteiger partial charge < -0.3 is 10.1 Å². The van der Waals surface area contributed by atoms with Crippen LogP contribution in [0, 0.1) is 11.8 Å². The monoisotopic (exact) mass is 518 g/mol. The number of fused-ring (bicyclic) bond motifs is 1. The molecule has 1 heterocycles. The van der Waals surface area contributed by atoms with Crippen LogP contribution in [0.2, 0.25) is 15.1 Å². The highest BCUT2D eigenvalue weighted by Gasteiger charge is 2.28. The summed E-state index contributed by atoms with van der Waals surface area (Å²) in [6.45, 7) is 4.00. The van der Waals surface area contributed by atoms with Gasteiger partial charge in [0.2, 0.25) is 0 Å². The third kappa shape index (κ3) is 5.17. The van der Waals surface area contributed by atoms with E-state index in [1.165, 1.54) is 6.42 Å². The molecule has 3 atom stereocenters. The number of ether oxygens (including phenoxy) is 1. The highest BCUT2D eigenvalue weighted by Crippen LogP contribution is 2.38. The zero-order valence-corrected chi connectivity index (χ0v) is 21.2. The van der Waals surface area contributed by atoms with Crippen LogP contribution < -0.4 is 5.32 Å². The number of halogens is 3. The number of para-hydroxylation sites is 1. The third-order valence-electron chi connectivity index (χ3n) is 6.63. The fourth-order valence-corrected chi connectivity index (χ4v) is 5.08. The standard InChI is InChI=1S/C26H25Cl3N2O3/c1-14-6-5-9-20(15(14)2)31-23(32)13-34-26(33)18-12-22(30-21-8-4-3-7-16(18)21)17-10-11-19(27)25(29)24(17)28/h3-4,7-8,10-12,14-15,20H,5-6,9,13H2,1-2H3,(H,31,32). The Morgan fingerprint density at radius 1 is 1.06 bits per heavy atom. The number of pyridine rings is 1. The van der Waals surface area contributed by atoms with Gasteiger partial charge in [-0.1, -0.05) is 79.7 Å². The molecule has 3 unspecified atom stereocenters. The summed E-state index contributed by atoms with van der Waals surface area (Å²) in [7, 11) is 0. The minimum Gasteiger partial charge on any atom is -0.452 e. The van der Waals surface area contributed by atoms with Crippen molar-refractivity contribution in [3.8, 4) is 11.3 Å². The van der Waals surface area contributed by atoms with E-state index in [1.54, 1.807) is 30.3 Å². The van der Waals surface area contributed by atoms with Gasteiger partial charge in [0.05, 0.1) is 31.8 Å². The van der Waals surface area contributed by atoms with E-state index in [-0.39, 0.29) is 34.2 Å². The number of esters is 1. The predicted octanol–water partition coefficient (Wildman–Crippen LogP) is 6.96. The molecule has 0 aliphatic heterocycles. The number of hydrogen-bond acceptors (Lipinski definition) is 4. The van der Waals surface area contributed by atoms with Crippen LogP contribution in [-0.2, 0) is 9.53 Å². The second kappa shape index (κ2) is 10.5. The lowest BCUT2D eigenvalue weighted by Crippen LogP contribution is -2.45. The molecule has 178 valence electrons. The Hall–Kier alpha value is -2.34. The normalized spacial score (nSPS) is 20.2.